The third kappa shape index (κ3) is 5.62. The van der Waals surface area contributed by atoms with Gasteiger partial charge in [0.05, 0.1) is 6.61 Å². The minimum atomic E-state index is -0.754. The average molecular weight is 295 g/mol. The smallest absolute Gasteiger partial charge is 0.418 e. The average Bonchev–Trinajstić information content (AvgIpc) is 2.47. The Morgan fingerprint density at radius 1 is 1.38 bits per heavy atom. The highest BCUT2D eigenvalue weighted by atomic mass is 19.1. The fourth-order valence-electron chi connectivity index (χ4n) is 1.47. The van der Waals surface area contributed by atoms with E-state index in [2.05, 4.69) is 5.32 Å². The van der Waals surface area contributed by atoms with Crippen LogP contribution >= 0.6 is 0 Å². The molecule has 3 amide bonds. The number of halogens is 1. The van der Waals surface area contributed by atoms with Crippen LogP contribution in [0.2, 0.25) is 0 Å². The van der Waals surface area contributed by atoms with Gasteiger partial charge in [-0.3, -0.25) is 0 Å². The van der Waals surface area contributed by atoms with Gasteiger partial charge in [0.25, 0.3) is 0 Å². The lowest BCUT2D eigenvalue weighted by Crippen LogP contribution is -2.44. The van der Waals surface area contributed by atoms with E-state index in [9.17, 15) is 14.0 Å². The van der Waals surface area contributed by atoms with Crippen molar-refractivity contribution in [2.75, 3.05) is 19.7 Å². The number of ether oxygens (including phenoxy) is 1. The van der Waals surface area contributed by atoms with Crippen molar-refractivity contribution in [3.8, 4) is 0 Å². The lowest BCUT2D eigenvalue weighted by atomic mass is 10.2. The minimum absolute atomic E-state index is 0.0506. The molecule has 0 fully saturated rings. The Balaban J connectivity index is 2.60. The van der Waals surface area contributed by atoms with Crippen LogP contribution in [0.15, 0.2) is 30.5 Å². The molecule has 114 valence electrons. The van der Waals surface area contributed by atoms with Gasteiger partial charge in [0.15, 0.2) is 0 Å². The molecule has 1 aromatic rings. The first kappa shape index (κ1) is 16.6. The molecule has 0 aliphatic carbocycles. The molecule has 6 nitrogen and oxygen atoms in total. The molecule has 21 heavy (non-hydrogen) atoms. The summed E-state index contributed by atoms with van der Waals surface area (Å²) in [7, 11) is 0. The van der Waals surface area contributed by atoms with Gasteiger partial charge in [-0.1, -0.05) is 12.1 Å². The summed E-state index contributed by atoms with van der Waals surface area (Å²) >= 11 is 0. The van der Waals surface area contributed by atoms with E-state index in [0.29, 0.717) is 5.56 Å². The number of benzene rings is 1. The highest BCUT2D eigenvalue weighted by Crippen LogP contribution is 2.04. The predicted molar refractivity (Wildman–Crippen MR) is 76.7 cm³/mol. The molecule has 7 heteroatoms. The Kier molecular flexibility index (Phi) is 6.90. The number of urea groups is 1. The highest BCUT2D eigenvalue weighted by Gasteiger charge is 2.20. The van der Waals surface area contributed by atoms with Gasteiger partial charge in [0.2, 0.25) is 0 Å². The molecule has 1 rings (SSSR count). The molecule has 0 radical (unpaired) electrons. The van der Waals surface area contributed by atoms with Gasteiger partial charge in [0, 0.05) is 19.3 Å². The first-order chi connectivity index (χ1) is 10.1. The monoisotopic (exact) mass is 295 g/mol. The Hall–Kier alpha value is -2.41. The normalized spacial score (nSPS) is 10.4. The third-order valence-electron chi connectivity index (χ3n) is 2.44. The van der Waals surface area contributed by atoms with E-state index in [-0.39, 0.29) is 25.5 Å². The number of nitrogens with zero attached hydrogens (tertiary/aromatic N) is 1. The maximum atomic E-state index is 12.7. The molecule has 0 aliphatic heterocycles. The molecular formula is C14H18FN3O3. The van der Waals surface area contributed by atoms with Gasteiger partial charge >= 0.3 is 12.1 Å². The molecule has 0 aliphatic rings. The molecule has 0 spiro atoms. The summed E-state index contributed by atoms with van der Waals surface area (Å²) in [5, 5.41) is 2.43. The van der Waals surface area contributed by atoms with Crippen LogP contribution in [0.1, 0.15) is 12.5 Å². The van der Waals surface area contributed by atoms with E-state index in [4.69, 9.17) is 10.5 Å². The minimum Gasteiger partial charge on any atom is -0.449 e. The second kappa shape index (κ2) is 8.70. The maximum absolute atomic E-state index is 12.7. The van der Waals surface area contributed by atoms with Gasteiger partial charge in [-0.05, 0) is 30.7 Å². The summed E-state index contributed by atoms with van der Waals surface area (Å²) in [4.78, 5) is 24.3. The van der Waals surface area contributed by atoms with Gasteiger partial charge in [0.1, 0.15) is 5.82 Å². The number of nitrogens with two attached hydrogens (primary N) is 1. The fourth-order valence-corrected chi connectivity index (χ4v) is 1.47. The van der Waals surface area contributed by atoms with E-state index in [1.165, 1.54) is 18.3 Å². The van der Waals surface area contributed by atoms with E-state index in [0.717, 1.165) is 4.90 Å². The number of rotatable bonds is 5. The maximum Gasteiger partial charge on any atom is 0.418 e. The third-order valence-corrected chi connectivity index (χ3v) is 2.44. The number of hydrogen-bond acceptors (Lipinski definition) is 4. The number of nitrogens with one attached hydrogen (secondary N) is 1. The van der Waals surface area contributed by atoms with Gasteiger partial charge in [-0.15, -0.1) is 0 Å². The van der Waals surface area contributed by atoms with E-state index < -0.39 is 12.1 Å². The molecule has 0 atom stereocenters. The molecule has 0 unspecified atom stereocenters. The van der Waals surface area contributed by atoms with Crippen LogP contribution in [0, 0.1) is 5.82 Å². The molecule has 0 bridgehead atoms. The van der Waals surface area contributed by atoms with Crippen molar-refractivity contribution >= 4 is 18.2 Å². The Morgan fingerprint density at radius 3 is 2.62 bits per heavy atom. The molecule has 0 saturated heterocycles. The summed E-state index contributed by atoms with van der Waals surface area (Å²) < 4.78 is 17.5. The van der Waals surface area contributed by atoms with Crippen molar-refractivity contribution in [2.45, 2.75) is 6.92 Å². The van der Waals surface area contributed by atoms with Crippen molar-refractivity contribution < 1.29 is 18.7 Å². The fraction of sp³-hybridized carbons (Fsp3) is 0.286. The first-order valence-electron chi connectivity index (χ1n) is 6.45. The zero-order valence-corrected chi connectivity index (χ0v) is 11.7. The lowest BCUT2D eigenvalue weighted by Gasteiger charge is -2.18. The number of carbonyl (C=O) groups excluding carboxylic acids is 2. The highest BCUT2D eigenvalue weighted by molar-refractivity contribution is 5.91. The van der Waals surface area contributed by atoms with Crippen LogP contribution in [0.3, 0.4) is 0 Å². The Labute approximate surface area is 122 Å². The lowest BCUT2D eigenvalue weighted by molar-refractivity contribution is 0.116. The topological polar surface area (TPSA) is 84.7 Å². The summed E-state index contributed by atoms with van der Waals surface area (Å²) in [6, 6.07) is 5.08. The van der Waals surface area contributed by atoms with E-state index >= 15 is 0 Å². The van der Waals surface area contributed by atoms with Crippen molar-refractivity contribution in [1.29, 1.82) is 0 Å². The molecule has 0 heterocycles. The van der Waals surface area contributed by atoms with Crippen LogP contribution < -0.4 is 11.1 Å². The second-order valence-electron chi connectivity index (χ2n) is 3.97. The Bertz CT molecular complexity index is 503. The zero-order chi connectivity index (χ0) is 15.7. The van der Waals surface area contributed by atoms with E-state index in [1.54, 1.807) is 25.1 Å². The quantitative estimate of drug-likeness (QED) is 0.869. The van der Waals surface area contributed by atoms with E-state index in [1.807, 2.05) is 0 Å². The number of amides is 3. The predicted octanol–water partition coefficient (Wildman–Crippen LogP) is 1.92. The molecule has 3 N–H and O–H groups in total. The second-order valence-corrected chi connectivity index (χ2v) is 3.97. The van der Waals surface area contributed by atoms with Gasteiger partial charge in [-0.25, -0.2) is 18.9 Å². The van der Waals surface area contributed by atoms with Crippen LogP contribution in [0.5, 0.6) is 0 Å². The van der Waals surface area contributed by atoms with Gasteiger partial charge < -0.3 is 15.8 Å². The number of carbonyl (C=O) groups is 2. The molecule has 0 aromatic heterocycles. The van der Waals surface area contributed by atoms with Crippen molar-refractivity contribution in [3.63, 3.8) is 0 Å². The summed E-state index contributed by atoms with van der Waals surface area (Å²) in [6.45, 7) is 1.99. The number of imide groups is 1. The Morgan fingerprint density at radius 2 is 2.05 bits per heavy atom. The molecular weight excluding hydrogens is 277 g/mol. The van der Waals surface area contributed by atoms with Crippen LogP contribution in [-0.2, 0) is 4.74 Å². The van der Waals surface area contributed by atoms with Crippen molar-refractivity contribution in [1.82, 2.24) is 10.2 Å². The van der Waals surface area contributed by atoms with Crippen LogP contribution in [0.25, 0.3) is 6.08 Å². The standard InChI is InChI=1S/C14H18FN3O3/c1-2-21-14(20)18(10-8-16)13(19)17-9-7-11-3-5-12(15)6-4-11/h3-7,9H,2,8,10,16H2,1H3,(H,17,19)/b9-7+. The van der Waals surface area contributed by atoms with Crippen LogP contribution in [-0.4, -0.2) is 36.7 Å². The summed E-state index contributed by atoms with van der Waals surface area (Å²) in [6.07, 6.45) is 2.18. The summed E-state index contributed by atoms with van der Waals surface area (Å²) in [5.41, 5.74) is 6.06. The first-order valence-corrected chi connectivity index (χ1v) is 6.45. The van der Waals surface area contributed by atoms with Crippen molar-refractivity contribution in [3.05, 3.63) is 41.8 Å². The molecule has 0 saturated carbocycles. The zero-order valence-electron chi connectivity index (χ0n) is 11.7. The summed E-state index contributed by atoms with van der Waals surface area (Å²) in [5.74, 6) is -0.340. The largest absolute Gasteiger partial charge is 0.449 e. The van der Waals surface area contributed by atoms with Crippen molar-refractivity contribution in [2.24, 2.45) is 5.73 Å². The SMILES string of the molecule is CCOC(=O)N(CCN)C(=O)N/C=C/c1ccc(F)cc1. The van der Waals surface area contributed by atoms with Gasteiger partial charge in [-0.2, -0.15) is 0 Å². The molecule has 1 aromatic carbocycles. The van der Waals surface area contributed by atoms with Crippen LogP contribution in [0.4, 0.5) is 14.0 Å². The number of hydrogen-bond donors (Lipinski definition) is 2.